The molecule has 2 aromatic rings. The van der Waals surface area contributed by atoms with Crippen LogP contribution in [0, 0.1) is 6.92 Å². The van der Waals surface area contributed by atoms with E-state index in [4.69, 9.17) is 4.74 Å². The van der Waals surface area contributed by atoms with Gasteiger partial charge in [-0.25, -0.2) is 0 Å². The van der Waals surface area contributed by atoms with Crippen molar-refractivity contribution in [3.05, 3.63) is 65.2 Å². The van der Waals surface area contributed by atoms with Gasteiger partial charge in [-0.1, -0.05) is 55.0 Å². The van der Waals surface area contributed by atoms with Gasteiger partial charge in [0.2, 0.25) is 0 Å². The van der Waals surface area contributed by atoms with Crippen LogP contribution >= 0.6 is 0 Å². The predicted molar refractivity (Wildman–Crippen MR) is 71.3 cm³/mol. The molecule has 0 unspecified atom stereocenters. The molecule has 0 aliphatic rings. The quantitative estimate of drug-likeness (QED) is 0.761. The largest absolute Gasteiger partial charge is 0.489 e. The molecule has 0 fully saturated rings. The van der Waals surface area contributed by atoms with E-state index in [-0.39, 0.29) is 0 Å². The second-order valence-electron chi connectivity index (χ2n) is 4.24. The Kier molecular flexibility index (Phi) is 3.81. The average molecular weight is 226 g/mol. The minimum atomic E-state index is 0.636. The third kappa shape index (κ3) is 3.10. The Labute approximate surface area is 103 Å². The molecule has 2 rings (SSSR count). The van der Waals surface area contributed by atoms with Crippen LogP contribution in [0.5, 0.6) is 5.75 Å². The third-order valence-corrected chi connectivity index (χ3v) is 2.83. The number of hydrogen-bond donors (Lipinski definition) is 0. The zero-order chi connectivity index (χ0) is 12.1. The van der Waals surface area contributed by atoms with Gasteiger partial charge in [0.05, 0.1) is 0 Å². The van der Waals surface area contributed by atoms with Crippen molar-refractivity contribution in [3.8, 4) is 5.75 Å². The fraction of sp³-hybridized carbons (Fsp3) is 0.250. The molecule has 17 heavy (non-hydrogen) atoms. The van der Waals surface area contributed by atoms with Gasteiger partial charge in [-0.3, -0.25) is 0 Å². The predicted octanol–water partition coefficient (Wildman–Crippen LogP) is 4.14. The van der Waals surface area contributed by atoms with Crippen molar-refractivity contribution in [1.82, 2.24) is 0 Å². The molecule has 0 atom stereocenters. The van der Waals surface area contributed by atoms with Crippen molar-refractivity contribution in [3.63, 3.8) is 0 Å². The number of rotatable bonds is 4. The fourth-order valence-electron chi connectivity index (χ4n) is 1.86. The number of benzene rings is 2. The third-order valence-electron chi connectivity index (χ3n) is 2.83. The Bertz CT molecular complexity index is 474. The number of hydrogen-bond acceptors (Lipinski definition) is 1. The Morgan fingerprint density at radius 3 is 2.47 bits per heavy atom. The summed E-state index contributed by atoms with van der Waals surface area (Å²) in [4.78, 5) is 0. The minimum Gasteiger partial charge on any atom is -0.489 e. The zero-order valence-corrected chi connectivity index (χ0v) is 10.4. The summed E-state index contributed by atoms with van der Waals surface area (Å²) in [5, 5.41) is 0. The molecular formula is C16H18O. The highest BCUT2D eigenvalue weighted by molar-refractivity contribution is 5.37. The molecule has 2 aromatic carbocycles. The molecule has 0 bridgehead atoms. The van der Waals surface area contributed by atoms with E-state index >= 15 is 0 Å². The van der Waals surface area contributed by atoms with Crippen LogP contribution in [-0.2, 0) is 13.0 Å². The first-order valence-corrected chi connectivity index (χ1v) is 6.06. The Morgan fingerprint density at radius 2 is 1.76 bits per heavy atom. The summed E-state index contributed by atoms with van der Waals surface area (Å²) in [6.07, 6.45) is 1.01. The average Bonchev–Trinajstić information content (AvgIpc) is 2.38. The van der Waals surface area contributed by atoms with Gasteiger partial charge in [0.1, 0.15) is 12.4 Å². The fourth-order valence-corrected chi connectivity index (χ4v) is 1.86. The summed E-state index contributed by atoms with van der Waals surface area (Å²) in [7, 11) is 0. The van der Waals surface area contributed by atoms with Crippen molar-refractivity contribution in [1.29, 1.82) is 0 Å². The van der Waals surface area contributed by atoms with Crippen LogP contribution < -0.4 is 4.74 Å². The first kappa shape index (κ1) is 11.7. The normalized spacial score (nSPS) is 10.2. The van der Waals surface area contributed by atoms with Crippen LogP contribution in [0.1, 0.15) is 23.6 Å². The van der Waals surface area contributed by atoms with Gasteiger partial charge < -0.3 is 4.74 Å². The van der Waals surface area contributed by atoms with E-state index < -0.39 is 0 Å². The number of ether oxygens (including phenoxy) is 1. The van der Waals surface area contributed by atoms with Crippen molar-refractivity contribution in [2.75, 3.05) is 0 Å². The minimum absolute atomic E-state index is 0.636. The van der Waals surface area contributed by atoms with E-state index in [9.17, 15) is 0 Å². The van der Waals surface area contributed by atoms with Gasteiger partial charge >= 0.3 is 0 Å². The summed E-state index contributed by atoms with van der Waals surface area (Å²) in [5.74, 6) is 1.00. The molecule has 0 spiro atoms. The van der Waals surface area contributed by atoms with Gasteiger partial charge in [0, 0.05) is 0 Å². The van der Waals surface area contributed by atoms with Crippen LogP contribution in [-0.4, -0.2) is 0 Å². The van der Waals surface area contributed by atoms with Gasteiger partial charge in [-0.15, -0.1) is 0 Å². The first-order chi connectivity index (χ1) is 8.29. The monoisotopic (exact) mass is 226 g/mol. The summed E-state index contributed by atoms with van der Waals surface area (Å²) in [5.41, 5.74) is 3.77. The molecule has 0 amide bonds. The summed E-state index contributed by atoms with van der Waals surface area (Å²) >= 11 is 0. The lowest BCUT2D eigenvalue weighted by atomic mass is 10.1. The van der Waals surface area contributed by atoms with Crippen molar-refractivity contribution >= 4 is 0 Å². The van der Waals surface area contributed by atoms with E-state index in [2.05, 4.69) is 44.2 Å². The first-order valence-electron chi connectivity index (χ1n) is 6.06. The van der Waals surface area contributed by atoms with E-state index in [1.807, 2.05) is 18.2 Å². The summed E-state index contributed by atoms with van der Waals surface area (Å²) in [6.45, 7) is 4.90. The van der Waals surface area contributed by atoms with Crippen LogP contribution in [0.15, 0.2) is 48.5 Å². The molecule has 0 aromatic heterocycles. The maximum absolute atomic E-state index is 5.87. The molecule has 88 valence electrons. The summed E-state index contributed by atoms with van der Waals surface area (Å²) in [6, 6.07) is 16.6. The smallest absolute Gasteiger partial charge is 0.123 e. The highest BCUT2D eigenvalue weighted by atomic mass is 16.5. The standard InChI is InChI=1S/C16H18O/c1-3-15-11-13(2)9-10-16(15)17-12-14-7-5-4-6-8-14/h4-11H,3,12H2,1-2H3. The van der Waals surface area contributed by atoms with E-state index in [0.29, 0.717) is 6.61 Å². The van der Waals surface area contributed by atoms with Gasteiger partial charge in [0.25, 0.3) is 0 Å². The van der Waals surface area contributed by atoms with E-state index in [0.717, 1.165) is 12.2 Å². The van der Waals surface area contributed by atoms with Crippen molar-refractivity contribution < 1.29 is 4.74 Å². The Morgan fingerprint density at radius 1 is 1.00 bits per heavy atom. The van der Waals surface area contributed by atoms with Gasteiger partial charge in [-0.2, -0.15) is 0 Å². The SMILES string of the molecule is CCc1cc(C)ccc1OCc1ccccc1. The van der Waals surface area contributed by atoms with Crippen molar-refractivity contribution in [2.45, 2.75) is 26.9 Å². The second-order valence-corrected chi connectivity index (χ2v) is 4.24. The van der Waals surface area contributed by atoms with E-state index in [1.54, 1.807) is 0 Å². The van der Waals surface area contributed by atoms with Crippen LogP contribution in [0.3, 0.4) is 0 Å². The lowest BCUT2D eigenvalue weighted by molar-refractivity contribution is 0.303. The topological polar surface area (TPSA) is 9.23 Å². The number of aryl methyl sites for hydroxylation is 2. The Hall–Kier alpha value is -1.76. The molecule has 1 nitrogen and oxygen atoms in total. The van der Waals surface area contributed by atoms with Gasteiger partial charge in [0.15, 0.2) is 0 Å². The van der Waals surface area contributed by atoms with E-state index in [1.165, 1.54) is 16.7 Å². The molecule has 0 radical (unpaired) electrons. The summed E-state index contributed by atoms with van der Waals surface area (Å²) < 4.78 is 5.87. The molecular weight excluding hydrogens is 208 g/mol. The maximum Gasteiger partial charge on any atom is 0.123 e. The molecule has 0 saturated heterocycles. The lowest BCUT2D eigenvalue weighted by Gasteiger charge is -2.11. The van der Waals surface area contributed by atoms with Crippen LogP contribution in [0.4, 0.5) is 0 Å². The molecule has 0 aliphatic carbocycles. The zero-order valence-electron chi connectivity index (χ0n) is 10.4. The molecule has 0 saturated carbocycles. The molecule has 0 N–H and O–H groups in total. The van der Waals surface area contributed by atoms with Crippen molar-refractivity contribution in [2.24, 2.45) is 0 Å². The molecule has 0 heterocycles. The lowest BCUT2D eigenvalue weighted by Crippen LogP contribution is -1.98. The maximum atomic E-state index is 5.87. The highest BCUT2D eigenvalue weighted by Gasteiger charge is 2.02. The van der Waals surface area contributed by atoms with Crippen LogP contribution in [0.2, 0.25) is 0 Å². The molecule has 0 aliphatic heterocycles. The Balaban J connectivity index is 2.09. The van der Waals surface area contributed by atoms with Gasteiger partial charge in [-0.05, 0) is 30.5 Å². The van der Waals surface area contributed by atoms with Crippen LogP contribution in [0.25, 0.3) is 0 Å². The highest BCUT2D eigenvalue weighted by Crippen LogP contribution is 2.21. The second kappa shape index (κ2) is 5.53. The molecule has 1 heteroatoms.